The summed E-state index contributed by atoms with van der Waals surface area (Å²) in [5, 5.41) is 13.6. The van der Waals surface area contributed by atoms with Crippen molar-refractivity contribution in [3.05, 3.63) is 75.2 Å². The van der Waals surface area contributed by atoms with Crippen LogP contribution >= 0.6 is 22.9 Å². The van der Waals surface area contributed by atoms with E-state index in [1.807, 2.05) is 50.3 Å². The summed E-state index contributed by atoms with van der Waals surface area (Å²) in [4.78, 5) is 18.8. The van der Waals surface area contributed by atoms with E-state index in [-0.39, 0.29) is 17.7 Å². The van der Waals surface area contributed by atoms with Crippen LogP contribution in [0.3, 0.4) is 0 Å². The average molecular weight is 528 g/mol. The number of allylic oxidation sites excluding steroid dienone is 6. The van der Waals surface area contributed by atoms with Crippen LogP contribution in [0.1, 0.15) is 31.6 Å². The van der Waals surface area contributed by atoms with Gasteiger partial charge in [-0.2, -0.15) is 0 Å². The number of ether oxygens (including phenoxy) is 2. The smallest absolute Gasteiger partial charge is 0.275 e. The highest BCUT2D eigenvalue weighted by atomic mass is 35.5. The summed E-state index contributed by atoms with van der Waals surface area (Å²) in [5.74, 6) is 1.10. The zero-order chi connectivity index (χ0) is 25.7. The van der Waals surface area contributed by atoms with E-state index in [4.69, 9.17) is 21.1 Å². The largest absolute Gasteiger partial charge is 0.493 e. The quantitative estimate of drug-likeness (QED) is 0.466. The number of thiophene rings is 1. The number of hydrogen-bond acceptors (Lipinski definition) is 7. The normalized spacial score (nSPS) is 19.2. The van der Waals surface area contributed by atoms with Gasteiger partial charge in [-0.3, -0.25) is 9.36 Å². The van der Waals surface area contributed by atoms with Crippen LogP contribution in [0, 0.1) is 0 Å². The highest BCUT2D eigenvalue weighted by Crippen LogP contribution is 2.33. The lowest BCUT2D eigenvalue weighted by atomic mass is 10.1. The molecule has 0 amide bonds. The van der Waals surface area contributed by atoms with Crippen molar-refractivity contribution in [2.45, 2.75) is 38.8 Å². The lowest BCUT2D eigenvalue weighted by molar-refractivity contribution is 0.186. The van der Waals surface area contributed by atoms with Gasteiger partial charge in [0.25, 0.3) is 5.56 Å². The maximum absolute atomic E-state index is 13.3. The predicted molar refractivity (Wildman–Crippen MR) is 147 cm³/mol. The zero-order valence-electron chi connectivity index (χ0n) is 20.5. The molecule has 2 N–H and O–H groups in total. The van der Waals surface area contributed by atoms with Crippen LogP contribution in [-0.2, 0) is 0 Å². The fraction of sp³-hybridized carbons (Fsp3) is 0.333. The zero-order valence-corrected chi connectivity index (χ0v) is 22.1. The van der Waals surface area contributed by atoms with Gasteiger partial charge < -0.3 is 19.9 Å². The molecule has 2 aliphatic rings. The number of aromatic nitrogens is 2. The van der Waals surface area contributed by atoms with Gasteiger partial charge in [0.05, 0.1) is 24.4 Å². The SMILES string of the molecule is CC.COc1cc(-n2cnc3cc(C4=CC=C(Cl)C=CC4)sc3c2=O)ccc1OC[C@@H]1CC(O)CN1. The Morgan fingerprint density at radius 3 is 2.83 bits per heavy atom. The Morgan fingerprint density at radius 2 is 2.08 bits per heavy atom. The van der Waals surface area contributed by atoms with Crippen LogP contribution in [-0.4, -0.2) is 47.1 Å². The number of methoxy groups -OCH3 is 1. The van der Waals surface area contributed by atoms with Gasteiger partial charge in [-0.1, -0.05) is 37.6 Å². The van der Waals surface area contributed by atoms with Gasteiger partial charge in [0.1, 0.15) is 17.6 Å². The molecule has 0 spiro atoms. The van der Waals surface area contributed by atoms with Crippen molar-refractivity contribution in [2.75, 3.05) is 20.3 Å². The highest BCUT2D eigenvalue weighted by Gasteiger charge is 2.23. The number of aliphatic hydroxyl groups is 1. The molecular formula is C27H30ClN3O4S. The molecule has 1 saturated heterocycles. The summed E-state index contributed by atoms with van der Waals surface area (Å²) >= 11 is 7.53. The molecule has 1 aliphatic carbocycles. The molecule has 7 nitrogen and oxygen atoms in total. The maximum Gasteiger partial charge on any atom is 0.275 e. The summed E-state index contributed by atoms with van der Waals surface area (Å²) in [6.45, 7) is 5.00. The van der Waals surface area contributed by atoms with E-state index in [2.05, 4.69) is 10.3 Å². The molecule has 9 heteroatoms. The second-order valence-electron chi connectivity index (χ2n) is 8.24. The molecule has 2 atom stereocenters. The maximum atomic E-state index is 13.3. The van der Waals surface area contributed by atoms with Crippen LogP contribution in [0.15, 0.2) is 64.7 Å². The van der Waals surface area contributed by atoms with Crippen molar-refractivity contribution in [3.8, 4) is 17.2 Å². The van der Waals surface area contributed by atoms with Crippen molar-refractivity contribution in [3.63, 3.8) is 0 Å². The number of benzene rings is 1. The van der Waals surface area contributed by atoms with Gasteiger partial charge in [0.2, 0.25) is 0 Å². The Hall–Kier alpha value is -2.91. The second kappa shape index (κ2) is 11.9. The first kappa shape index (κ1) is 26.2. The lowest BCUT2D eigenvalue weighted by Gasteiger charge is -2.15. The molecule has 2 aromatic heterocycles. The number of hydrogen-bond donors (Lipinski definition) is 2. The summed E-state index contributed by atoms with van der Waals surface area (Å²) in [6, 6.07) is 7.40. The van der Waals surface area contributed by atoms with E-state index in [0.717, 1.165) is 16.9 Å². The van der Waals surface area contributed by atoms with Gasteiger partial charge >= 0.3 is 0 Å². The van der Waals surface area contributed by atoms with Crippen LogP contribution in [0.2, 0.25) is 0 Å². The summed E-state index contributed by atoms with van der Waals surface area (Å²) in [7, 11) is 1.56. The number of fused-ring (bicyclic) bond motifs is 1. The highest BCUT2D eigenvalue weighted by molar-refractivity contribution is 7.19. The molecule has 3 heterocycles. The number of nitrogens with one attached hydrogen (secondary N) is 1. The Morgan fingerprint density at radius 1 is 1.25 bits per heavy atom. The minimum Gasteiger partial charge on any atom is -0.493 e. The van der Waals surface area contributed by atoms with E-state index >= 15 is 0 Å². The summed E-state index contributed by atoms with van der Waals surface area (Å²) < 4.78 is 13.5. The summed E-state index contributed by atoms with van der Waals surface area (Å²) in [6.07, 6.45) is 10.3. The van der Waals surface area contributed by atoms with E-state index in [1.165, 1.54) is 15.9 Å². The van der Waals surface area contributed by atoms with Crippen molar-refractivity contribution in [1.82, 2.24) is 14.9 Å². The third kappa shape index (κ3) is 5.73. The van der Waals surface area contributed by atoms with E-state index in [9.17, 15) is 9.90 Å². The number of aliphatic hydroxyl groups excluding tert-OH is 1. The predicted octanol–water partition coefficient (Wildman–Crippen LogP) is 5.05. The standard InChI is InChI=1S/C25H24ClN3O4S.C2H6/c1-32-22-10-18(7-8-21(22)33-13-17-9-19(30)12-27-17)29-14-28-20-11-23(34-24(20)25(29)31)15-3-2-4-16(26)6-5-15;1-2/h2,4-8,10-11,14,17,19,27,30H,3,9,12-13H2,1H3;1-2H3/t17-,19?;/m0./s1. The summed E-state index contributed by atoms with van der Waals surface area (Å²) in [5.41, 5.74) is 2.26. The molecule has 1 unspecified atom stereocenters. The van der Waals surface area contributed by atoms with Crippen LogP contribution < -0.4 is 20.3 Å². The first-order valence-electron chi connectivity index (χ1n) is 12.0. The molecule has 5 rings (SSSR count). The molecule has 3 aromatic rings. The first-order chi connectivity index (χ1) is 17.5. The Bertz CT molecular complexity index is 1380. The fourth-order valence-electron chi connectivity index (χ4n) is 4.08. The van der Waals surface area contributed by atoms with Gasteiger partial charge in [0.15, 0.2) is 11.5 Å². The van der Waals surface area contributed by atoms with Crippen LogP contribution in [0.4, 0.5) is 0 Å². The van der Waals surface area contributed by atoms with Crippen LogP contribution in [0.5, 0.6) is 11.5 Å². The van der Waals surface area contributed by atoms with Crippen molar-refractivity contribution < 1.29 is 14.6 Å². The molecule has 1 fully saturated rings. The number of β-amino-alcohol motifs (C(OH)–C–C–N with tert-alkyl or cyclic N) is 1. The molecule has 190 valence electrons. The molecule has 0 radical (unpaired) electrons. The Balaban J connectivity index is 0.00000148. The minimum absolute atomic E-state index is 0.0900. The third-order valence-corrected chi connectivity index (χ3v) is 7.32. The Labute approximate surface area is 219 Å². The number of nitrogens with zero attached hydrogens (tertiary/aromatic N) is 2. The minimum atomic E-state index is -0.338. The fourth-order valence-corrected chi connectivity index (χ4v) is 5.31. The van der Waals surface area contributed by atoms with Gasteiger partial charge in [-0.25, -0.2) is 4.98 Å². The Kier molecular flexibility index (Phi) is 8.64. The van der Waals surface area contributed by atoms with E-state index in [1.54, 1.807) is 25.6 Å². The molecule has 0 saturated carbocycles. The molecular weight excluding hydrogens is 498 g/mol. The first-order valence-corrected chi connectivity index (χ1v) is 13.2. The van der Waals surface area contributed by atoms with Crippen molar-refractivity contribution >= 4 is 38.7 Å². The topological polar surface area (TPSA) is 85.6 Å². The van der Waals surface area contributed by atoms with Gasteiger partial charge in [-0.05, 0) is 48.8 Å². The monoisotopic (exact) mass is 527 g/mol. The van der Waals surface area contributed by atoms with E-state index in [0.29, 0.717) is 52.0 Å². The van der Waals surface area contributed by atoms with E-state index < -0.39 is 0 Å². The van der Waals surface area contributed by atoms with Crippen molar-refractivity contribution in [1.29, 1.82) is 0 Å². The van der Waals surface area contributed by atoms with Gasteiger partial charge in [0, 0.05) is 28.6 Å². The lowest BCUT2D eigenvalue weighted by Crippen LogP contribution is -2.28. The van der Waals surface area contributed by atoms with Crippen LogP contribution in [0.25, 0.3) is 21.5 Å². The number of rotatable bonds is 6. The number of halogens is 1. The average Bonchev–Trinajstić information content (AvgIpc) is 3.46. The molecule has 0 bridgehead atoms. The molecule has 36 heavy (non-hydrogen) atoms. The van der Waals surface area contributed by atoms with Gasteiger partial charge in [-0.15, -0.1) is 11.3 Å². The second-order valence-corrected chi connectivity index (χ2v) is 9.72. The third-order valence-electron chi connectivity index (χ3n) is 5.88. The molecule has 1 aliphatic heterocycles. The van der Waals surface area contributed by atoms with Crippen molar-refractivity contribution in [2.24, 2.45) is 0 Å². The molecule has 1 aromatic carbocycles.